The third-order valence-corrected chi connectivity index (χ3v) is 4.18. The number of para-hydroxylation sites is 1. The zero-order valence-electron chi connectivity index (χ0n) is 12.6. The molecule has 0 atom stereocenters. The third kappa shape index (κ3) is 2.42. The maximum atomic E-state index is 5.37. The van der Waals surface area contributed by atoms with E-state index in [1.807, 2.05) is 42.1 Å². The highest BCUT2D eigenvalue weighted by Crippen LogP contribution is 2.25. The molecule has 0 saturated carbocycles. The Bertz CT molecular complexity index is 651. The van der Waals surface area contributed by atoms with E-state index in [1.165, 1.54) is 0 Å². The summed E-state index contributed by atoms with van der Waals surface area (Å²) in [6, 6.07) is 9.97. The number of hydrogen-bond donors (Lipinski definition) is 2. The fraction of sp³-hybridized carbons (Fsp3) is 0.467. The Morgan fingerprint density at radius 1 is 1.27 bits per heavy atom. The first-order chi connectivity index (χ1) is 10.7. The van der Waals surface area contributed by atoms with Crippen LogP contribution in [0.3, 0.4) is 0 Å². The Morgan fingerprint density at radius 2 is 2.09 bits per heavy atom. The summed E-state index contributed by atoms with van der Waals surface area (Å²) in [6.07, 6.45) is 0. The molecule has 2 aliphatic heterocycles. The number of aromatic nitrogens is 3. The van der Waals surface area contributed by atoms with Crippen LogP contribution in [-0.2, 0) is 11.8 Å². The van der Waals surface area contributed by atoms with Gasteiger partial charge in [-0.1, -0.05) is 18.2 Å². The number of nitrogens with one attached hydrogen (secondary N) is 2. The lowest BCUT2D eigenvalue weighted by atomic mass is 9.95. The minimum atomic E-state index is 0.0945. The van der Waals surface area contributed by atoms with E-state index in [0.717, 1.165) is 44.5 Å². The van der Waals surface area contributed by atoms with E-state index in [1.54, 1.807) is 0 Å². The van der Waals surface area contributed by atoms with Crippen LogP contribution in [0.15, 0.2) is 30.3 Å². The zero-order valence-corrected chi connectivity index (χ0v) is 12.6. The molecule has 2 saturated heterocycles. The molecule has 2 fully saturated rings. The van der Waals surface area contributed by atoms with Crippen LogP contribution < -0.4 is 15.5 Å². The van der Waals surface area contributed by atoms with Gasteiger partial charge < -0.3 is 20.3 Å². The Morgan fingerprint density at radius 3 is 2.82 bits per heavy atom. The van der Waals surface area contributed by atoms with Crippen molar-refractivity contribution in [3.63, 3.8) is 0 Å². The van der Waals surface area contributed by atoms with Crippen molar-refractivity contribution in [2.75, 3.05) is 43.1 Å². The van der Waals surface area contributed by atoms with Crippen LogP contribution in [0.2, 0.25) is 0 Å². The van der Waals surface area contributed by atoms with E-state index >= 15 is 0 Å². The molecule has 7 nitrogen and oxygen atoms in total. The summed E-state index contributed by atoms with van der Waals surface area (Å²) in [6.45, 7) is 4.33. The van der Waals surface area contributed by atoms with Crippen molar-refractivity contribution in [3.05, 3.63) is 30.3 Å². The SMILES string of the molecule is Cn1nc(Nc2ccccc2)nc1N1CCNC2(COC2)C1. The van der Waals surface area contributed by atoms with Gasteiger partial charge in [0.2, 0.25) is 11.9 Å². The lowest BCUT2D eigenvalue weighted by Crippen LogP contribution is -2.70. The van der Waals surface area contributed by atoms with Gasteiger partial charge in [0.05, 0.1) is 18.8 Å². The molecule has 1 spiro atoms. The Kier molecular flexibility index (Phi) is 3.24. The van der Waals surface area contributed by atoms with Crippen molar-refractivity contribution in [2.24, 2.45) is 7.05 Å². The first-order valence-electron chi connectivity index (χ1n) is 7.55. The minimum Gasteiger partial charge on any atom is -0.377 e. The highest BCUT2D eigenvalue weighted by atomic mass is 16.5. The van der Waals surface area contributed by atoms with Gasteiger partial charge in [0.25, 0.3) is 0 Å². The first kappa shape index (κ1) is 13.5. The molecule has 0 unspecified atom stereocenters. The molecular formula is C15H20N6O. The number of piperazine rings is 1. The molecule has 1 aromatic heterocycles. The van der Waals surface area contributed by atoms with E-state index in [4.69, 9.17) is 4.74 Å². The van der Waals surface area contributed by atoms with Crippen LogP contribution in [0.1, 0.15) is 0 Å². The van der Waals surface area contributed by atoms with Gasteiger partial charge in [-0.2, -0.15) is 4.98 Å². The van der Waals surface area contributed by atoms with Gasteiger partial charge in [-0.05, 0) is 12.1 Å². The highest BCUT2D eigenvalue weighted by molar-refractivity contribution is 5.54. The maximum Gasteiger partial charge on any atom is 0.248 e. The van der Waals surface area contributed by atoms with Crippen LogP contribution in [0.5, 0.6) is 0 Å². The van der Waals surface area contributed by atoms with Crippen LogP contribution in [0.25, 0.3) is 0 Å². The van der Waals surface area contributed by atoms with Gasteiger partial charge in [-0.15, -0.1) is 5.10 Å². The second-order valence-corrected chi connectivity index (χ2v) is 5.97. The predicted molar refractivity (Wildman–Crippen MR) is 84.5 cm³/mol. The predicted octanol–water partition coefficient (Wildman–Crippen LogP) is 0.737. The number of benzene rings is 1. The number of aryl methyl sites for hydroxylation is 1. The van der Waals surface area contributed by atoms with E-state index in [2.05, 4.69) is 25.6 Å². The van der Waals surface area contributed by atoms with Crippen LogP contribution in [-0.4, -0.2) is 53.2 Å². The van der Waals surface area contributed by atoms with Gasteiger partial charge in [0, 0.05) is 32.4 Å². The van der Waals surface area contributed by atoms with Crippen molar-refractivity contribution in [1.82, 2.24) is 20.1 Å². The van der Waals surface area contributed by atoms with Crippen molar-refractivity contribution in [2.45, 2.75) is 5.54 Å². The second kappa shape index (κ2) is 5.26. The largest absolute Gasteiger partial charge is 0.377 e. The number of nitrogens with zero attached hydrogens (tertiary/aromatic N) is 4. The molecule has 3 heterocycles. The van der Waals surface area contributed by atoms with Gasteiger partial charge in [-0.3, -0.25) is 0 Å². The normalized spacial score (nSPS) is 20.0. The topological polar surface area (TPSA) is 67.2 Å². The molecule has 1 aromatic carbocycles. The van der Waals surface area contributed by atoms with Crippen molar-refractivity contribution >= 4 is 17.6 Å². The van der Waals surface area contributed by atoms with Crippen molar-refractivity contribution < 1.29 is 4.74 Å². The monoisotopic (exact) mass is 300 g/mol. The third-order valence-electron chi connectivity index (χ3n) is 4.18. The van der Waals surface area contributed by atoms with Crippen LogP contribution in [0.4, 0.5) is 17.6 Å². The summed E-state index contributed by atoms with van der Waals surface area (Å²) in [5.41, 5.74) is 1.08. The highest BCUT2D eigenvalue weighted by Gasteiger charge is 2.42. The number of anilines is 3. The summed E-state index contributed by atoms with van der Waals surface area (Å²) in [7, 11) is 1.94. The Balaban J connectivity index is 1.52. The fourth-order valence-corrected chi connectivity index (χ4v) is 3.02. The Labute approximate surface area is 129 Å². The van der Waals surface area contributed by atoms with E-state index in [-0.39, 0.29) is 5.54 Å². The zero-order chi connectivity index (χ0) is 15.0. The minimum absolute atomic E-state index is 0.0945. The van der Waals surface area contributed by atoms with Gasteiger partial charge in [0.15, 0.2) is 0 Å². The molecule has 2 aromatic rings. The summed E-state index contributed by atoms with van der Waals surface area (Å²) >= 11 is 0. The Hall–Kier alpha value is -2.12. The molecule has 4 rings (SSSR count). The maximum absolute atomic E-state index is 5.37. The second-order valence-electron chi connectivity index (χ2n) is 5.97. The van der Waals surface area contributed by atoms with E-state index in [9.17, 15) is 0 Å². The number of rotatable bonds is 3. The molecule has 0 amide bonds. The molecule has 2 aliphatic rings. The molecule has 2 N–H and O–H groups in total. The molecule has 0 radical (unpaired) electrons. The van der Waals surface area contributed by atoms with Gasteiger partial charge >= 0.3 is 0 Å². The van der Waals surface area contributed by atoms with Crippen molar-refractivity contribution in [1.29, 1.82) is 0 Å². The summed E-state index contributed by atoms with van der Waals surface area (Å²) < 4.78 is 7.21. The lowest BCUT2D eigenvalue weighted by molar-refractivity contribution is -0.0745. The molecule has 116 valence electrons. The molecule has 22 heavy (non-hydrogen) atoms. The molecule has 0 aliphatic carbocycles. The summed E-state index contributed by atoms with van der Waals surface area (Å²) in [5.74, 6) is 1.52. The standard InChI is InChI=1S/C15H20N6O/c1-20-14(21-8-7-16-15(9-21)10-22-11-15)18-13(19-20)17-12-5-3-2-4-6-12/h2-6,16H,7-11H2,1H3,(H,17,19). The quantitative estimate of drug-likeness (QED) is 0.871. The van der Waals surface area contributed by atoms with Crippen LogP contribution >= 0.6 is 0 Å². The molecular weight excluding hydrogens is 280 g/mol. The van der Waals surface area contributed by atoms with E-state index in [0.29, 0.717) is 5.95 Å². The number of ether oxygens (including phenoxy) is 1. The first-order valence-corrected chi connectivity index (χ1v) is 7.55. The van der Waals surface area contributed by atoms with Gasteiger partial charge in [0.1, 0.15) is 0 Å². The summed E-state index contributed by atoms with van der Waals surface area (Å²) in [5, 5.41) is 11.3. The van der Waals surface area contributed by atoms with Crippen LogP contribution in [0, 0.1) is 0 Å². The van der Waals surface area contributed by atoms with Gasteiger partial charge in [-0.25, -0.2) is 4.68 Å². The average molecular weight is 300 g/mol. The van der Waals surface area contributed by atoms with Crippen molar-refractivity contribution in [3.8, 4) is 0 Å². The fourth-order valence-electron chi connectivity index (χ4n) is 3.02. The molecule has 0 bridgehead atoms. The average Bonchev–Trinajstić information content (AvgIpc) is 2.87. The number of hydrogen-bond acceptors (Lipinski definition) is 6. The smallest absolute Gasteiger partial charge is 0.248 e. The molecule has 7 heteroatoms. The summed E-state index contributed by atoms with van der Waals surface area (Å²) in [4.78, 5) is 6.93. The van der Waals surface area contributed by atoms with E-state index < -0.39 is 0 Å². The lowest BCUT2D eigenvalue weighted by Gasteiger charge is -2.48.